The number of aliphatic hydroxyl groups excluding tert-OH is 1. The molecule has 1 heterocycles. The molecule has 1 saturated heterocycles. The third kappa shape index (κ3) is 3.63. The monoisotopic (exact) mass is 266 g/mol. The van der Waals surface area contributed by atoms with E-state index in [1.165, 1.54) is 4.31 Å². The molecule has 0 saturated carbocycles. The second-order valence-corrected chi connectivity index (χ2v) is 5.81. The quantitative estimate of drug-likeness (QED) is 0.600. The van der Waals surface area contributed by atoms with E-state index >= 15 is 0 Å². The lowest BCUT2D eigenvalue weighted by molar-refractivity contribution is -0.139. The van der Waals surface area contributed by atoms with E-state index in [-0.39, 0.29) is 6.04 Å². The molecule has 7 nitrogen and oxygen atoms in total. The Morgan fingerprint density at radius 1 is 1.53 bits per heavy atom. The fraction of sp³-hybridized carbons (Fsp3) is 0.889. The number of rotatable bonds is 5. The number of hydrogen-bond donors (Lipinski definition) is 3. The molecule has 2 atom stereocenters. The zero-order valence-corrected chi connectivity index (χ0v) is 10.5. The zero-order chi connectivity index (χ0) is 13.1. The Morgan fingerprint density at radius 3 is 2.65 bits per heavy atom. The van der Waals surface area contributed by atoms with Gasteiger partial charge in [0.2, 0.25) is 0 Å². The fourth-order valence-electron chi connectivity index (χ4n) is 1.84. The van der Waals surface area contributed by atoms with Gasteiger partial charge in [0.05, 0.1) is 6.61 Å². The molecule has 8 heteroatoms. The maximum Gasteiger partial charge on any atom is 0.324 e. The second-order valence-electron chi connectivity index (χ2n) is 4.15. The Bertz CT molecular complexity index is 370. The van der Waals surface area contributed by atoms with E-state index in [1.807, 2.05) is 4.72 Å². The van der Waals surface area contributed by atoms with Crippen molar-refractivity contribution < 1.29 is 23.4 Å². The zero-order valence-electron chi connectivity index (χ0n) is 9.66. The molecular weight excluding hydrogens is 248 g/mol. The third-order valence-corrected chi connectivity index (χ3v) is 4.56. The van der Waals surface area contributed by atoms with E-state index < -0.39 is 28.8 Å². The molecule has 1 unspecified atom stereocenters. The summed E-state index contributed by atoms with van der Waals surface area (Å²) in [6.07, 6.45) is 2.50. The van der Waals surface area contributed by atoms with Gasteiger partial charge in [-0.25, -0.2) is 0 Å². The maximum absolute atomic E-state index is 11.9. The Balaban J connectivity index is 2.76. The molecule has 0 amide bonds. The predicted molar refractivity (Wildman–Crippen MR) is 60.6 cm³/mol. The largest absolute Gasteiger partial charge is 0.480 e. The molecule has 0 aliphatic carbocycles. The number of carbonyl (C=O) groups is 1. The molecule has 3 N–H and O–H groups in total. The van der Waals surface area contributed by atoms with Gasteiger partial charge in [0, 0.05) is 12.6 Å². The summed E-state index contributed by atoms with van der Waals surface area (Å²) in [5.41, 5.74) is 0. The minimum Gasteiger partial charge on any atom is -0.480 e. The molecule has 100 valence electrons. The van der Waals surface area contributed by atoms with Crippen LogP contribution in [-0.2, 0) is 15.0 Å². The summed E-state index contributed by atoms with van der Waals surface area (Å²) < 4.78 is 27.1. The number of carboxylic acid groups (broad SMARTS) is 1. The molecule has 1 aliphatic rings. The van der Waals surface area contributed by atoms with Crippen LogP contribution < -0.4 is 4.72 Å². The van der Waals surface area contributed by atoms with E-state index in [2.05, 4.69) is 0 Å². The van der Waals surface area contributed by atoms with E-state index in [0.717, 1.165) is 19.3 Å². The molecule has 0 radical (unpaired) electrons. The summed E-state index contributed by atoms with van der Waals surface area (Å²) in [5, 5.41) is 17.5. The summed E-state index contributed by atoms with van der Waals surface area (Å²) in [4.78, 5) is 10.7. The maximum atomic E-state index is 11.9. The van der Waals surface area contributed by atoms with Crippen molar-refractivity contribution in [2.45, 2.75) is 38.3 Å². The summed E-state index contributed by atoms with van der Waals surface area (Å²) in [6.45, 7) is 1.40. The standard InChI is InChI=1S/C9H18N2O5S/c1-7-4-2-3-5-11(7)17(15,16)10-8(6-12)9(13)14/h7-8,10,12H,2-6H2,1H3,(H,13,14)/t7?,8-/m0/s1. The van der Waals surface area contributed by atoms with Gasteiger partial charge in [-0.2, -0.15) is 17.4 Å². The van der Waals surface area contributed by atoms with Crippen molar-refractivity contribution in [3.05, 3.63) is 0 Å². The average Bonchev–Trinajstić information content (AvgIpc) is 2.26. The van der Waals surface area contributed by atoms with Crippen molar-refractivity contribution in [2.24, 2.45) is 0 Å². The van der Waals surface area contributed by atoms with Crippen molar-refractivity contribution in [1.29, 1.82) is 0 Å². The van der Waals surface area contributed by atoms with E-state index in [1.54, 1.807) is 6.92 Å². The minimum atomic E-state index is -3.85. The van der Waals surface area contributed by atoms with Gasteiger partial charge in [-0.3, -0.25) is 4.79 Å². The van der Waals surface area contributed by atoms with Gasteiger partial charge >= 0.3 is 5.97 Å². The molecular formula is C9H18N2O5S. The summed E-state index contributed by atoms with van der Waals surface area (Å²) >= 11 is 0. The van der Waals surface area contributed by atoms with Crippen LogP contribution in [0.2, 0.25) is 0 Å². The van der Waals surface area contributed by atoms with Crippen LogP contribution in [0.15, 0.2) is 0 Å². The minimum absolute atomic E-state index is 0.144. The Kier molecular flexibility index (Phi) is 4.87. The first-order valence-corrected chi connectivity index (χ1v) is 6.95. The lowest BCUT2D eigenvalue weighted by atomic mass is 10.1. The van der Waals surface area contributed by atoms with Crippen LogP contribution in [0.3, 0.4) is 0 Å². The van der Waals surface area contributed by atoms with Crippen molar-refractivity contribution in [2.75, 3.05) is 13.2 Å². The van der Waals surface area contributed by atoms with Gasteiger partial charge in [-0.15, -0.1) is 0 Å². The molecule has 0 bridgehead atoms. The van der Waals surface area contributed by atoms with Crippen LogP contribution >= 0.6 is 0 Å². The topological polar surface area (TPSA) is 107 Å². The molecule has 0 spiro atoms. The second kappa shape index (κ2) is 5.76. The molecule has 0 aromatic heterocycles. The lowest BCUT2D eigenvalue weighted by Gasteiger charge is -2.32. The summed E-state index contributed by atoms with van der Waals surface area (Å²) in [6, 6.07) is -1.64. The van der Waals surface area contributed by atoms with Crippen molar-refractivity contribution in [1.82, 2.24) is 9.03 Å². The van der Waals surface area contributed by atoms with Gasteiger partial charge in [0.1, 0.15) is 6.04 Å². The van der Waals surface area contributed by atoms with Gasteiger partial charge in [-0.1, -0.05) is 6.42 Å². The molecule has 1 fully saturated rings. The number of aliphatic carboxylic acids is 1. The van der Waals surface area contributed by atoms with Gasteiger partial charge < -0.3 is 10.2 Å². The van der Waals surface area contributed by atoms with E-state index in [9.17, 15) is 13.2 Å². The first-order chi connectivity index (χ1) is 7.88. The van der Waals surface area contributed by atoms with Crippen LogP contribution in [0.1, 0.15) is 26.2 Å². The highest BCUT2D eigenvalue weighted by molar-refractivity contribution is 7.87. The number of carboxylic acids is 1. The van der Waals surface area contributed by atoms with Gasteiger partial charge in [0.25, 0.3) is 10.2 Å². The normalized spacial score (nSPS) is 24.5. The van der Waals surface area contributed by atoms with Crippen molar-refractivity contribution >= 4 is 16.2 Å². The molecule has 0 aromatic rings. The smallest absolute Gasteiger partial charge is 0.324 e. The molecule has 1 rings (SSSR count). The van der Waals surface area contributed by atoms with Gasteiger partial charge in [-0.05, 0) is 19.8 Å². The number of hydrogen-bond acceptors (Lipinski definition) is 4. The van der Waals surface area contributed by atoms with Crippen LogP contribution in [-0.4, -0.2) is 54.1 Å². The number of nitrogens with one attached hydrogen (secondary N) is 1. The summed E-state index contributed by atoms with van der Waals surface area (Å²) in [7, 11) is -3.85. The van der Waals surface area contributed by atoms with Crippen LogP contribution in [0.4, 0.5) is 0 Å². The Labute approximate surface area is 101 Å². The SMILES string of the molecule is CC1CCCCN1S(=O)(=O)N[C@@H](CO)C(=O)O. The molecule has 0 aromatic carbocycles. The fourth-order valence-corrected chi connectivity index (χ4v) is 3.46. The van der Waals surface area contributed by atoms with E-state index in [4.69, 9.17) is 10.2 Å². The van der Waals surface area contributed by atoms with E-state index in [0.29, 0.717) is 6.54 Å². The first kappa shape index (κ1) is 14.4. The predicted octanol–water partition coefficient (Wildman–Crippen LogP) is -0.859. The Morgan fingerprint density at radius 2 is 2.18 bits per heavy atom. The van der Waals surface area contributed by atoms with Crippen LogP contribution in [0, 0.1) is 0 Å². The average molecular weight is 266 g/mol. The van der Waals surface area contributed by atoms with Crippen LogP contribution in [0.25, 0.3) is 0 Å². The van der Waals surface area contributed by atoms with Crippen molar-refractivity contribution in [3.8, 4) is 0 Å². The number of piperidine rings is 1. The van der Waals surface area contributed by atoms with Gasteiger partial charge in [0.15, 0.2) is 0 Å². The number of aliphatic hydroxyl groups is 1. The third-order valence-electron chi connectivity index (χ3n) is 2.82. The summed E-state index contributed by atoms with van der Waals surface area (Å²) in [5.74, 6) is -1.39. The highest BCUT2D eigenvalue weighted by Gasteiger charge is 2.32. The molecule has 17 heavy (non-hydrogen) atoms. The molecule has 1 aliphatic heterocycles. The van der Waals surface area contributed by atoms with Crippen LogP contribution in [0.5, 0.6) is 0 Å². The lowest BCUT2D eigenvalue weighted by Crippen LogP contribution is -2.53. The highest BCUT2D eigenvalue weighted by atomic mass is 32.2. The number of nitrogens with zero attached hydrogens (tertiary/aromatic N) is 1. The van der Waals surface area contributed by atoms with Crippen molar-refractivity contribution in [3.63, 3.8) is 0 Å². The highest BCUT2D eigenvalue weighted by Crippen LogP contribution is 2.19. The first-order valence-electron chi connectivity index (χ1n) is 5.51. The Hall–Kier alpha value is -0.700.